The van der Waals surface area contributed by atoms with Crippen molar-refractivity contribution < 1.29 is 9.59 Å². The molecule has 1 saturated carbocycles. The molecule has 94 valence electrons. The number of rotatable bonds is 2. The van der Waals surface area contributed by atoms with Crippen molar-refractivity contribution >= 4 is 11.8 Å². The summed E-state index contributed by atoms with van der Waals surface area (Å²) in [5, 5.41) is 0. The van der Waals surface area contributed by atoms with Gasteiger partial charge in [-0.1, -0.05) is 12.1 Å². The number of fused-ring (bicyclic) bond motifs is 1. The van der Waals surface area contributed by atoms with Gasteiger partial charge in [0.25, 0.3) is 5.91 Å². The summed E-state index contributed by atoms with van der Waals surface area (Å²) in [6.45, 7) is 0. The lowest BCUT2D eigenvalue weighted by molar-refractivity contribution is -0.127. The van der Waals surface area contributed by atoms with E-state index in [1.54, 1.807) is 0 Å². The van der Waals surface area contributed by atoms with Crippen LogP contribution in [-0.2, 0) is 11.2 Å². The summed E-state index contributed by atoms with van der Waals surface area (Å²) in [5.74, 6) is 0.193. The highest BCUT2D eigenvalue weighted by Gasteiger charge is 2.32. The minimum absolute atomic E-state index is 0.0195. The van der Waals surface area contributed by atoms with Gasteiger partial charge in [0.15, 0.2) is 0 Å². The van der Waals surface area contributed by atoms with E-state index in [4.69, 9.17) is 5.73 Å². The predicted molar refractivity (Wildman–Crippen MR) is 66.9 cm³/mol. The first-order valence-corrected chi connectivity index (χ1v) is 6.27. The first kappa shape index (κ1) is 11.4. The molecule has 1 aromatic rings. The molecule has 4 nitrogen and oxygen atoms in total. The van der Waals surface area contributed by atoms with Gasteiger partial charge in [-0.3, -0.25) is 14.5 Å². The summed E-state index contributed by atoms with van der Waals surface area (Å²) in [6, 6.07) is 5.71. The Morgan fingerprint density at radius 3 is 2.72 bits per heavy atom. The van der Waals surface area contributed by atoms with Gasteiger partial charge in [-0.2, -0.15) is 0 Å². The number of imide groups is 1. The van der Waals surface area contributed by atoms with Gasteiger partial charge in [-0.05, 0) is 36.0 Å². The van der Waals surface area contributed by atoms with Gasteiger partial charge >= 0.3 is 0 Å². The highest BCUT2D eigenvalue weighted by molar-refractivity contribution is 6.09. The lowest BCUT2D eigenvalue weighted by atomic mass is 9.93. The van der Waals surface area contributed by atoms with Crippen LogP contribution in [0, 0.1) is 5.92 Å². The number of carbonyl (C=O) groups is 2. The van der Waals surface area contributed by atoms with Crippen molar-refractivity contribution in [2.45, 2.75) is 25.3 Å². The SMILES string of the molecule is CN1C(=O)Cc2ccc(C(N)C3CC3)cc2C1=O. The summed E-state index contributed by atoms with van der Waals surface area (Å²) < 4.78 is 0. The van der Waals surface area contributed by atoms with Crippen LogP contribution in [0.2, 0.25) is 0 Å². The van der Waals surface area contributed by atoms with Crippen LogP contribution in [0.1, 0.15) is 40.4 Å². The maximum absolute atomic E-state index is 12.1. The van der Waals surface area contributed by atoms with E-state index in [1.165, 1.54) is 24.8 Å². The van der Waals surface area contributed by atoms with Gasteiger partial charge in [0, 0.05) is 18.7 Å². The highest BCUT2D eigenvalue weighted by Crippen LogP contribution is 2.40. The molecule has 0 radical (unpaired) electrons. The van der Waals surface area contributed by atoms with Crippen molar-refractivity contribution in [3.8, 4) is 0 Å². The molecule has 0 saturated heterocycles. The minimum atomic E-state index is -0.217. The normalized spacial score (nSPS) is 20.9. The smallest absolute Gasteiger partial charge is 0.260 e. The summed E-state index contributed by atoms with van der Waals surface area (Å²) in [5.41, 5.74) is 8.60. The van der Waals surface area contributed by atoms with Gasteiger partial charge in [0.05, 0.1) is 6.42 Å². The fourth-order valence-corrected chi connectivity index (χ4v) is 2.46. The van der Waals surface area contributed by atoms with E-state index in [0.717, 1.165) is 11.1 Å². The first-order valence-electron chi connectivity index (χ1n) is 6.27. The zero-order valence-corrected chi connectivity index (χ0v) is 10.3. The Kier molecular flexibility index (Phi) is 2.48. The third-order valence-corrected chi connectivity index (χ3v) is 3.90. The summed E-state index contributed by atoms with van der Waals surface area (Å²) >= 11 is 0. The standard InChI is InChI=1S/C14H16N2O2/c1-16-12(17)7-9-4-5-10(6-11(9)14(16)18)13(15)8-2-3-8/h4-6,8,13H,2-3,7,15H2,1H3. The van der Waals surface area contributed by atoms with Crippen molar-refractivity contribution in [2.24, 2.45) is 11.7 Å². The quantitative estimate of drug-likeness (QED) is 0.796. The largest absolute Gasteiger partial charge is 0.324 e. The molecule has 1 aromatic carbocycles. The zero-order valence-electron chi connectivity index (χ0n) is 10.3. The fraction of sp³-hybridized carbons (Fsp3) is 0.429. The highest BCUT2D eigenvalue weighted by atomic mass is 16.2. The van der Waals surface area contributed by atoms with Crippen molar-refractivity contribution in [2.75, 3.05) is 7.05 Å². The monoisotopic (exact) mass is 244 g/mol. The van der Waals surface area contributed by atoms with Crippen molar-refractivity contribution in [1.82, 2.24) is 4.90 Å². The second-order valence-electron chi connectivity index (χ2n) is 5.21. The third kappa shape index (κ3) is 1.73. The van der Waals surface area contributed by atoms with Crippen LogP contribution in [0.3, 0.4) is 0 Å². The Bertz CT molecular complexity index is 535. The number of nitrogens with two attached hydrogens (primary N) is 1. The maximum Gasteiger partial charge on any atom is 0.260 e. The van der Waals surface area contributed by atoms with Crippen molar-refractivity contribution in [3.63, 3.8) is 0 Å². The lowest BCUT2D eigenvalue weighted by Gasteiger charge is -2.24. The molecule has 1 fully saturated rings. The maximum atomic E-state index is 12.1. The Balaban J connectivity index is 1.99. The Morgan fingerprint density at radius 2 is 2.06 bits per heavy atom. The molecule has 2 amide bonds. The zero-order chi connectivity index (χ0) is 12.9. The topological polar surface area (TPSA) is 63.4 Å². The molecule has 1 aliphatic carbocycles. The lowest BCUT2D eigenvalue weighted by Crippen LogP contribution is -2.39. The minimum Gasteiger partial charge on any atom is -0.324 e. The molecule has 18 heavy (non-hydrogen) atoms. The summed E-state index contributed by atoms with van der Waals surface area (Å²) in [4.78, 5) is 24.8. The number of nitrogens with zero attached hydrogens (tertiary/aromatic N) is 1. The van der Waals surface area contributed by atoms with Crippen LogP contribution in [0.15, 0.2) is 18.2 Å². The van der Waals surface area contributed by atoms with E-state index >= 15 is 0 Å². The van der Waals surface area contributed by atoms with E-state index in [2.05, 4.69) is 0 Å². The molecule has 0 bridgehead atoms. The predicted octanol–water partition coefficient (Wildman–Crippen LogP) is 1.25. The number of carbonyl (C=O) groups excluding carboxylic acids is 2. The molecule has 1 aliphatic heterocycles. The molecule has 4 heteroatoms. The van der Waals surface area contributed by atoms with E-state index in [0.29, 0.717) is 17.9 Å². The van der Waals surface area contributed by atoms with Gasteiger partial charge in [-0.25, -0.2) is 0 Å². The van der Waals surface area contributed by atoms with Gasteiger partial charge in [0.1, 0.15) is 0 Å². The second-order valence-corrected chi connectivity index (χ2v) is 5.21. The van der Waals surface area contributed by atoms with E-state index in [9.17, 15) is 9.59 Å². The molecule has 0 aromatic heterocycles. The van der Waals surface area contributed by atoms with Crippen LogP contribution >= 0.6 is 0 Å². The molecule has 2 N–H and O–H groups in total. The summed E-state index contributed by atoms with van der Waals surface area (Å²) in [7, 11) is 1.53. The Morgan fingerprint density at radius 1 is 1.33 bits per heavy atom. The van der Waals surface area contributed by atoms with Crippen LogP contribution in [0.25, 0.3) is 0 Å². The van der Waals surface area contributed by atoms with Crippen molar-refractivity contribution in [3.05, 3.63) is 34.9 Å². The number of hydrogen-bond donors (Lipinski definition) is 1. The van der Waals surface area contributed by atoms with E-state index in [-0.39, 0.29) is 17.9 Å². The second kappa shape index (κ2) is 3.92. The van der Waals surface area contributed by atoms with Crippen LogP contribution in [0.5, 0.6) is 0 Å². The first-order chi connectivity index (χ1) is 8.58. The number of amides is 2. The molecule has 1 atom stereocenters. The summed E-state index contributed by atoms with van der Waals surface area (Å²) in [6.07, 6.45) is 2.64. The molecule has 2 aliphatic rings. The van der Waals surface area contributed by atoms with Crippen LogP contribution < -0.4 is 5.73 Å². The van der Waals surface area contributed by atoms with E-state index < -0.39 is 0 Å². The van der Waals surface area contributed by atoms with Gasteiger partial charge in [-0.15, -0.1) is 0 Å². The molecule has 3 rings (SSSR count). The van der Waals surface area contributed by atoms with E-state index in [1.807, 2.05) is 18.2 Å². The number of likely N-dealkylation sites (N-methyl/N-ethyl adjacent to an activating group) is 1. The Hall–Kier alpha value is -1.68. The molecule has 0 spiro atoms. The fourth-order valence-electron chi connectivity index (χ4n) is 2.46. The van der Waals surface area contributed by atoms with Gasteiger partial charge < -0.3 is 5.73 Å². The molecule has 1 heterocycles. The van der Waals surface area contributed by atoms with Gasteiger partial charge in [0.2, 0.25) is 5.91 Å². The molecular formula is C14H16N2O2. The van der Waals surface area contributed by atoms with Crippen molar-refractivity contribution in [1.29, 1.82) is 0 Å². The average molecular weight is 244 g/mol. The van der Waals surface area contributed by atoms with Crippen LogP contribution in [0.4, 0.5) is 0 Å². The molecular weight excluding hydrogens is 228 g/mol. The number of benzene rings is 1. The Labute approximate surface area is 106 Å². The third-order valence-electron chi connectivity index (χ3n) is 3.90. The molecule has 1 unspecified atom stereocenters. The van der Waals surface area contributed by atoms with Crippen LogP contribution in [-0.4, -0.2) is 23.8 Å². The average Bonchev–Trinajstić information content (AvgIpc) is 3.19. The number of hydrogen-bond acceptors (Lipinski definition) is 3.